The number of furan rings is 1. The summed E-state index contributed by atoms with van der Waals surface area (Å²) in [6.45, 7) is 2.96. The topological polar surface area (TPSA) is 115 Å². The number of carbonyl (C=O) groups is 2. The van der Waals surface area contributed by atoms with Gasteiger partial charge in [-0.15, -0.1) is 5.10 Å². The van der Waals surface area contributed by atoms with Crippen molar-refractivity contribution in [3.8, 4) is 0 Å². The van der Waals surface area contributed by atoms with Gasteiger partial charge in [0.1, 0.15) is 10.8 Å². The van der Waals surface area contributed by atoms with Gasteiger partial charge in [-0.25, -0.2) is 9.59 Å². The fraction of sp³-hybridized carbons (Fsp3) is 0.231. The van der Waals surface area contributed by atoms with Gasteiger partial charge in [0.05, 0.1) is 12.5 Å². The molecule has 2 aliphatic rings. The molecule has 0 saturated carbocycles. The van der Waals surface area contributed by atoms with Gasteiger partial charge in [0.2, 0.25) is 5.17 Å². The molecule has 120 valence electrons. The van der Waals surface area contributed by atoms with E-state index in [-0.39, 0.29) is 10.6 Å². The Bertz CT molecular complexity index is 714. The third kappa shape index (κ3) is 3.37. The lowest BCUT2D eigenvalue weighted by molar-refractivity contribution is -0.222. The molecular formula is C13H12N4O5S. The molecule has 0 bridgehead atoms. The Hall–Kier alpha value is -2.75. The van der Waals surface area contributed by atoms with Gasteiger partial charge in [-0.2, -0.15) is 5.10 Å². The molecule has 0 radical (unpaired) electrons. The molecule has 0 aromatic carbocycles. The summed E-state index contributed by atoms with van der Waals surface area (Å²) in [5.41, 5.74) is 5.00. The number of thioether (sulfide) groups is 1. The highest BCUT2D eigenvalue weighted by atomic mass is 32.2. The lowest BCUT2D eigenvalue weighted by Gasteiger charge is -2.30. The largest absolute Gasteiger partial charge is 0.463 e. The van der Waals surface area contributed by atoms with Crippen molar-refractivity contribution in [3.63, 3.8) is 0 Å². The van der Waals surface area contributed by atoms with E-state index in [1.54, 1.807) is 12.1 Å². The Balaban J connectivity index is 1.66. The average molecular weight is 336 g/mol. The number of cyclic esters (lactones) is 2. The summed E-state index contributed by atoms with van der Waals surface area (Å²) in [5, 5.41) is 8.40. The highest BCUT2D eigenvalue weighted by Crippen LogP contribution is 2.30. The van der Waals surface area contributed by atoms with E-state index < -0.39 is 17.7 Å². The third-order valence-electron chi connectivity index (χ3n) is 2.67. The quantitative estimate of drug-likeness (QED) is 0.269. The number of hydrogen-bond donors (Lipinski definition) is 2. The summed E-state index contributed by atoms with van der Waals surface area (Å²) in [4.78, 5) is 23.9. The standard InChI is InChI=1S/C13H12N4O5S/c1-13(2)21-10(18)8(11(19)22-13)9-15-17-12(23-9)16-14-6-7-4-3-5-20-7/h3-6,15H,1-2H3,(H,16,17)/b14-6+. The normalized spacial score (nSPS) is 20.2. The Morgan fingerprint density at radius 2 is 2.09 bits per heavy atom. The van der Waals surface area contributed by atoms with Crippen LogP contribution in [0.1, 0.15) is 19.6 Å². The van der Waals surface area contributed by atoms with Crippen molar-refractivity contribution in [3.05, 3.63) is 34.8 Å². The third-order valence-corrected chi connectivity index (χ3v) is 3.54. The molecule has 0 spiro atoms. The number of rotatable bonds is 2. The first-order valence-corrected chi connectivity index (χ1v) is 7.31. The molecule has 1 saturated heterocycles. The summed E-state index contributed by atoms with van der Waals surface area (Å²) in [7, 11) is 0. The second kappa shape index (κ2) is 5.80. The van der Waals surface area contributed by atoms with E-state index >= 15 is 0 Å². The first-order chi connectivity index (χ1) is 10.9. The zero-order chi connectivity index (χ0) is 16.4. The maximum absolute atomic E-state index is 11.9. The highest BCUT2D eigenvalue weighted by molar-refractivity contribution is 8.17. The van der Waals surface area contributed by atoms with Crippen molar-refractivity contribution in [1.82, 2.24) is 10.9 Å². The van der Waals surface area contributed by atoms with Crippen LogP contribution in [-0.2, 0) is 19.1 Å². The molecule has 23 heavy (non-hydrogen) atoms. The first kappa shape index (κ1) is 15.2. The smallest absolute Gasteiger partial charge is 0.351 e. The van der Waals surface area contributed by atoms with E-state index in [4.69, 9.17) is 13.9 Å². The summed E-state index contributed by atoms with van der Waals surface area (Å²) in [5.74, 6) is -2.25. The molecule has 9 nitrogen and oxygen atoms in total. The summed E-state index contributed by atoms with van der Waals surface area (Å²) in [6, 6.07) is 3.46. The Morgan fingerprint density at radius 3 is 2.74 bits per heavy atom. The number of hydrazone groups is 2. The van der Waals surface area contributed by atoms with Gasteiger partial charge < -0.3 is 13.9 Å². The van der Waals surface area contributed by atoms with E-state index in [0.717, 1.165) is 11.8 Å². The molecule has 10 heteroatoms. The van der Waals surface area contributed by atoms with Crippen LogP contribution in [0, 0.1) is 0 Å². The van der Waals surface area contributed by atoms with Gasteiger partial charge in [-0.05, 0) is 23.9 Å². The monoisotopic (exact) mass is 336 g/mol. The second-order valence-electron chi connectivity index (χ2n) is 4.90. The van der Waals surface area contributed by atoms with Crippen LogP contribution in [0.3, 0.4) is 0 Å². The van der Waals surface area contributed by atoms with Crippen molar-refractivity contribution in [1.29, 1.82) is 0 Å². The van der Waals surface area contributed by atoms with Gasteiger partial charge in [-0.1, -0.05) is 0 Å². The molecule has 0 unspecified atom stereocenters. The summed E-state index contributed by atoms with van der Waals surface area (Å²) in [6.07, 6.45) is 2.98. The van der Waals surface area contributed by atoms with Crippen LogP contribution in [0.5, 0.6) is 0 Å². The van der Waals surface area contributed by atoms with Gasteiger partial charge in [0.25, 0.3) is 5.79 Å². The van der Waals surface area contributed by atoms with E-state index in [0.29, 0.717) is 10.9 Å². The maximum Gasteiger partial charge on any atom is 0.351 e. The van der Waals surface area contributed by atoms with Gasteiger partial charge in [0, 0.05) is 13.8 Å². The van der Waals surface area contributed by atoms with Gasteiger partial charge >= 0.3 is 11.9 Å². The fourth-order valence-corrected chi connectivity index (χ4v) is 2.50. The number of amidine groups is 1. The van der Waals surface area contributed by atoms with Crippen molar-refractivity contribution >= 4 is 35.1 Å². The summed E-state index contributed by atoms with van der Waals surface area (Å²) >= 11 is 1.02. The first-order valence-electron chi connectivity index (χ1n) is 6.50. The molecule has 0 atom stereocenters. The predicted molar refractivity (Wildman–Crippen MR) is 80.9 cm³/mol. The zero-order valence-electron chi connectivity index (χ0n) is 12.2. The lowest BCUT2D eigenvalue weighted by atomic mass is 10.2. The van der Waals surface area contributed by atoms with E-state index in [1.165, 1.54) is 26.3 Å². The minimum atomic E-state index is -1.28. The fourth-order valence-electron chi connectivity index (χ4n) is 1.75. The molecule has 0 amide bonds. The molecule has 3 heterocycles. The molecule has 2 aliphatic heterocycles. The number of ether oxygens (including phenoxy) is 2. The molecule has 3 rings (SSSR count). The van der Waals surface area contributed by atoms with Crippen molar-refractivity contribution in [2.75, 3.05) is 0 Å². The number of nitrogens with one attached hydrogen (secondary N) is 2. The number of carbonyl (C=O) groups excluding carboxylic acids is 2. The van der Waals surface area contributed by atoms with E-state index in [1.807, 2.05) is 0 Å². The number of esters is 2. The van der Waals surface area contributed by atoms with Crippen molar-refractivity contribution < 1.29 is 23.5 Å². The molecule has 1 aromatic heterocycles. The van der Waals surface area contributed by atoms with Crippen LogP contribution in [0.15, 0.2) is 43.6 Å². The molecular weight excluding hydrogens is 324 g/mol. The van der Waals surface area contributed by atoms with Crippen LogP contribution >= 0.6 is 11.8 Å². The van der Waals surface area contributed by atoms with Crippen LogP contribution in [0.4, 0.5) is 0 Å². The SMILES string of the molecule is CC1(C)OC(=O)C(=C2NN=C(N/N=C/c3ccco3)S2)C(=O)O1. The number of hydrogen-bond acceptors (Lipinski definition) is 10. The van der Waals surface area contributed by atoms with E-state index in [9.17, 15) is 9.59 Å². The molecule has 2 N–H and O–H groups in total. The Morgan fingerprint density at radius 1 is 1.35 bits per heavy atom. The van der Waals surface area contributed by atoms with Crippen LogP contribution < -0.4 is 10.9 Å². The summed E-state index contributed by atoms with van der Waals surface area (Å²) < 4.78 is 15.1. The highest BCUT2D eigenvalue weighted by Gasteiger charge is 2.42. The van der Waals surface area contributed by atoms with E-state index in [2.05, 4.69) is 21.1 Å². The molecule has 1 fully saturated rings. The molecule has 1 aromatic rings. The van der Waals surface area contributed by atoms with Crippen LogP contribution in [0.2, 0.25) is 0 Å². The zero-order valence-corrected chi connectivity index (χ0v) is 13.0. The number of nitrogens with zero attached hydrogens (tertiary/aromatic N) is 2. The predicted octanol–water partition coefficient (Wildman–Crippen LogP) is 0.858. The lowest BCUT2D eigenvalue weighted by Crippen LogP contribution is -2.42. The Labute approximate surface area is 134 Å². The van der Waals surface area contributed by atoms with Crippen LogP contribution in [-0.4, -0.2) is 29.1 Å². The second-order valence-corrected chi connectivity index (χ2v) is 5.90. The van der Waals surface area contributed by atoms with Gasteiger partial charge in [-0.3, -0.25) is 10.9 Å². The average Bonchev–Trinajstić information content (AvgIpc) is 3.08. The van der Waals surface area contributed by atoms with Crippen molar-refractivity contribution in [2.24, 2.45) is 10.2 Å². The van der Waals surface area contributed by atoms with Gasteiger partial charge in [0.15, 0.2) is 5.57 Å². The Kier molecular flexibility index (Phi) is 3.82. The minimum Gasteiger partial charge on any atom is -0.463 e. The molecule has 0 aliphatic carbocycles. The van der Waals surface area contributed by atoms with Crippen LogP contribution in [0.25, 0.3) is 0 Å². The minimum absolute atomic E-state index is 0.214. The maximum atomic E-state index is 11.9. The van der Waals surface area contributed by atoms with Crippen molar-refractivity contribution in [2.45, 2.75) is 19.6 Å².